The van der Waals surface area contributed by atoms with E-state index in [2.05, 4.69) is 20.1 Å². The van der Waals surface area contributed by atoms with E-state index in [1.165, 1.54) is 17.0 Å². The van der Waals surface area contributed by atoms with Crippen molar-refractivity contribution in [2.45, 2.75) is 6.42 Å². The summed E-state index contributed by atoms with van der Waals surface area (Å²) in [5.41, 5.74) is 0.698. The zero-order valence-corrected chi connectivity index (χ0v) is 15.0. The fourth-order valence-electron chi connectivity index (χ4n) is 1.98. The Bertz CT molecular complexity index is 839. The molecule has 1 aliphatic rings. The lowest BCUT2D eigenvalue weighted by atomic mass is 10.2. The molecule has 7 nitrogen and oxygen atoms in total. The first kappa shape index (κ1) is 17.6. The van der Waals surface area contributed by atoms with E-state index < -0.39 is 0 Å². The minimum Gasteiger partial charge on any atom is -0.299 e. The van der Waals surface area contributed by atoms with Gasteiger partial charge in [-0.2, -0.15) is 0 Å². The van der Waals surface area contributed by atoms with Gasteiger partial charge in [-0.25, -0.2) is 4.39 Å². The van der Waals surface area contributed by atoms with Gasteiger partial charge in [-0.15, -0.1) is 0 Å². The molecule has 2 amide bonds. The zero-order valence-electron chi connectivity index (χ0n) is 12.5. The van der Waals surface area contributed by atoms with Crippen LogP contribution in [0.3, 0.4) is 0 Å². The Morgan fingerprint density at radius 3 is 2.80 bits per heavy atom. The lowest BCUT2D eigenvalue weighted by molar-refractivity contribution is -0.122. The minimum absolute atomic E-state index is 0.0653. The maximum absolute atomic E-state index is 12.9. The molecule has 2 heterocycles. The van der Waals surface area contributed by atoms with Crippen LogP contribution in [0.25, 0.3) is 6.08 Å². The largest absolute Gasteiger partial charge is 0.299 e. The number of anilines is 1. The summed E-state index contributed by atoms with van der Waals surface area (Å²) < 4.78 is 16.9. The molecule has 11 heteroatoms. The van der Waals surface area contributed by atoms with Crippen LogP contribution < -0.4 is 5.32 Å². The van der Waals surface area contributed by atoms with Crippen LogP contribution in [0.1, 0.15) is 12.0 Å². The number of hydrogen-bond donors (Lipinski definition) is 1. The summed E-state index contributed by atoms with van der Waals surface area (Å²) in [6, 6.07) is 5.79. The molecule has 0 bridgehead atoms. The second kappa shape index (κ2) is 7.76. The predicted molar refractivity (Wildman–Crippen MR) is 97.2 cm³/mol. The Balaban J connectivity index is 1.61. The van der Waals surface area contributed by atoms with E-state index in [-0.39, 0.29) is 30.6 Å². The summed E-state index contributed by atoms with van der Waals surface area (Å²) in [7, 11) is 0. The maximum atomic E-state index is 12.9. The number of aromatic nitrogens is 3. The van der Waals surface area contributed by atoms with Gasteiger partial charge in [0.05, 0.1) is 4.91 Å². The highest BCUT2D eigenvalue weighted by molar-refractivity contribution is 8.26. The van der Waals surface area contributed by atoms with Crippen molar-refractivity contribution in [3.63, 3.8) is 0 Å². The molecular formula is C14H10FN5O2S3. The molecule has 0 spiro atoms. The third-order valence-electron chi connectivity index (χ3n) is 3.15. The van der Waals surface area contributed by atoms with Crippen LogP contribution in [-0.2, 0) is 9.59 Å². The Hall–Kier alpha value is -2.24. The number of nitrogens with zero attached hydrogens (tertiary/aromatic N) is 4. The van der Waals surface area contributed by atoms with Crippen molar-refractivity contribution in [1.82, 2.24) is 19.7 Å². The molecule has 1 fully saturated rings. The number of thioether (sulfide) groups is 1. The minimum atomic E-state index is -0.346. The third kappa shape index (κ3) is 4.44. The number of thiocarbonyl (C=S) groups is 1. The normalized spacial score (nSPS) is 15.9. The van der Waals surface area contributed by atoms with E-state index in [1.54, 1.807) is 18.2 Å². The van der Waals surface area contributed by atoms with Gasteiger partial charge in [-0.1, -0.05) is 45.7 Å². The Kier molecular flexibility index (Phi) is 5.46. The first-order valence-corrected chi connectivity index (χ1v) is 8.98. The summed E-state index contributed by atoms with van der Waals surface area (Å²) in [6.45, 7) is 0.156. The maximum Gasteiger partial charge on any atom is 0.266 e. The lowest BCUT2D eigenvalue weighted by Crippen LogP contribution is -2.31. The number of amides is 2. The van der Waals surface area contributed by atoms with Crippen molar-refractivity contribution in [3.05, 3.63) is 40.6 Å². The quantitative estimate of drug-likeness (QED) is 0.614. The van der Waals surface area contributed by atoms with Crippen LogP contribution in [-0.4, -0.2) is 42.4 Å². The van der Waals surface area contributed by atoms with E-state index in [0.29, 0.717) is 19.9 Å². The first-order valence-electron chi connectivity index (χ1n) is 6.99. The van der Waals surface area contributed by atoms with Crippen LogP contribution in [0, 0.1) is 5.82 Å². The van der Waals surface area contributed by atoms with Gasteiger partial charge < -0.3 is 0 Å². The molecule has 0 saturated carbocycles. The van der Waals surface area contributed by atoms with Crippen LogP contribution in [0.15, 0.2) is 29.2 Å². The van der Waals surface area contributed by atoms with Crippen molar-refractivity contribution in [3.8, 4) is 0 Å². The number of carbonyl (C=O) groups excluding carboxylic acids is 2. The van der Waals surface area contributed by atoms with Gasteiger partial charge >= 0.3 is 0 Å². The second-order valence-electron chi connectivity index (χ2n) is 4.85. The van der Waals surface area contributed by atoms with Crippen molar-refractivity contribution in [2.75, 3.05) is 11.9 Å². The van der Waals surface area contributed by atoms with Crippen LogP contribution in [0.2, 0.25) is 0 Å². The Morgan fingerprint density at radius 2 is 2.12 bits per heavy atom. The molecule has 0 radical (unpaired) electrons. The number of rotatable bonds is 5. The molecule has 25 heavy (non-hydrogen) atoms. The monoisotopic (exact) mass is 395 g/mol. The van der Waals surface area contributed by atoms with Gasteiger partial charge in [-0.3, -0.25) is 19.8 Å². The number of hydrogen-bond acceptors (Lipinski definition) is 8. The van der Waals surface area contributed by atoms with Gasteiger partial charge in [-0.05, 0) is 29.0 Å². The van der Waals surface area contributed by atoms with E-state index in [9.17, 15) is 14.0 Å². The van der Waals surface area contributed by atoms with Gasteiger partial charge in [0.1, 0.15) is 10.1 Å². The summed E-state index contributed by atoms with van der Waals surface area (Å²) in [4.78, 5) is 26.1. The first-order chi connectivity index (χ1) is 12.0. The van der Waals surface area contributed by atoms with E-state index in [1.807, 2.05) is 0 Å². The van der Waals surface area contributed by atoms with Gasteiger partial charge in [0.15, 0.2) is 0 Å². The van der Waals surface area contributed by atoms with E-state index in [0.717, 1.165) is 23.3 Å². The van der Waals surface area contributed by atoms with Crippen molar-refractivity contribution in [1.29, 1.82) is 0 Å². The van der Waals surface area contributed by atoms with Gasteiger partial charge in [0.25, 0.3) is 5.91 Å². The fourth-order valence-corrected chi connectivity index (χ4v) is 3.67. The summed E-state index contributed by atoms with van der Waals surface area (Å²) >= 11 is 7.32. The summed E-state index contributed by atoms with van der Waals surface area (Å²) in [6.07, 6.45) is 1.71. The summed E-state index contributed by atoms with van der Waals surface area (Å²) in [5.74, 6) is -0.929. The number of benzene rings is 1. The highest BCUT2D eigenvalue weighted by Crippen LogP contribution is 2.32. The molecule has 128 valence electrons. The van der Waals surface area contributed by atoms with Crippen LogP contribution in [0.4, 0.5) is 9.52 Å². The Morgan fingerprint density at radius 1 is 1.36 bits per heavy atom. The highest BCUT2D eigenvalue weighted by Gasteiger charge is 2.32. The van der Waals surface area contributed by atoms with E-state index >= 15 is 0 Å². The van der Waals surface area contributed by atoms with Gasteiger partial charge in [0.2, 0.25) is 11.0 Å². The topological polar surface area (TPSA) is 88.1 Å². The summed E-state index contributed by atoms with van der Waals surface area (Å²) in [5, 5.41) is 9.82. The molecule has 1 aliphatic heterocycles. The highest BCUT2D eigenvalue weighted by atomic mass is 32.2. The molecule has 3 rings (SSSR count). The number of nitrogens with one attached hydrogen (secondary N) is 1. The standard InChI is InChI=1S/C14H10FN5O2S3/c15-9-3-1-8(2-4-9)7-10-12(22)20(14(23)24-10)6-5-11(21)16-13-17-18-19-25-13/h1-4,7H,5-6H2,(H,16,17,19,21)/b10-7-. The second-order valence-corrected chi connectivity index (χ2v) is 7.26. The van der Waals surface area contributed by atoms with Crippen LogP contribution >= 0.6 is 35.5 Å². The third-order valence-corrected chi connectivity index (χ3v) is 5.04. The SMILES string of the molecule is O=C(CCN1C(=O)/C(=C/c2ccc(F)cc2)SC1=S)Nc1nnns1. The molecular weight excluding hydrogens is 385 g/mol. The van der Waals surface area contributed by atoms with Crippen molar-refractivity contribution >= 4 is 62.9 Å². The predicted octanol–water partition coefficient (Wildman–Crippen LogP) is 2.30. The molecule has 1 aromatic carbocycles. The smallest absolute Gasteiger partial charge is 0.266 e. The number of halogens is 1. The molecule has 0 atom stereocenters. The van der Waals surface area contributed by atoms with Crippen molar-refractivity contribution in [2.24, 2.45) is 0 Å². The molecule has 1 aromatic heterocycles. The zero-order chi connectivity index (χ0) is 17.8. The van der Waals surface area contributed by atoms with Crippen molar-refractivity contribution < 1.29 is 14.0 Å². The Labute approximate surface area is 155 Å². The van der Waals surface area contributed by atoms with Crippen LogP contribution in [0.5, 0.6) is 0 Å². The molecule has 2 aromatic rings. The van der Waals surface area contributed by atoms with E-state index in [4.69, 9.17) is 12.2 Å². The van der Waals surface area contributed by atoms with Gasteiger partial charge in [0, 0.05) is 24.5 Å². The molecule has 1 saturated heterocycles. The average Bonchev–Trinajstić information content (AvgIpc) is 3.17. The lowest BCUT2D eigenvalue weighted by Gasteiger charge is -2.13. The molecule has 1 N–H and O–H groups in total. The molecule has 0 aliphatic carbocycles. The number of carbonyl (C=O) groups is 2. The average molecular weight is 395 g/mol. The molecule has 0 unspecified atom stereocenters. The fraction of sp³-hybridized carbons (Fsp3) is 0.143.